The average molecular weight is 392 g/mol. The number of hydrogen-bond acceptors (Lipinski definition) is 4. The zero-order valence-corrected chi connectivity index (χ0v) is 14.8. The SMILES string of the molecule is O=C1NCC(NCc2cccc(C(F)(F)F)c2)n2nc(-c3cccs3)cc21. The Morgan fingerprint density at radius 3 is 2.85 bits per heavy atom. The third-order valence-corrected chi connectivity index (χ3v) is 5.18. The molecule has 1 aliphatic rings. The van der Waals surface area contributed by atoms with Crippen LogP contribution in [0.15, 0.2) is 47.8 Å². The van der Waals surface area contributed by atoms with Crippen LogP contribution in [-0.4, -0.2) is 22.2 Å². The highest BCUT2D eigenvalue weighted by atomic mass is 32.1. The smallest absolute Gasteiger partial charge is 0.347 e. The fourth-order valence-electron chi connectivity index (χ4n) is 2.96. The first-order valence-electron chi connectivity index (χ1n) is 8.23. The number of carbonyl (C=O) groups excluding carboxylic acids is 1. The first kappa shape index (κ1) is 17.7. The van der Waals surface area contributed by atoms with Crippen molar-refractivity contribution in [2.24, 2.45) is 0 Å². The summed E-state index contributed by atoms with van der Waals surface area (Å²) in [5.74, 6) is -0.220. The van der Waals surface area contributed by atoms with Crippen LogP contribution in [0.3, 0.4) is 0 Å². The van der Waals surface area contributed by atoms with Crippen molar-refractivity contribution in [3.63, 3.8) is 0 Å². The molecule has 3 heterocycles. The van der Waals surface area contributed by atoms with Crippen molar-refractivity contribution in [3.05, 3.63) is 64.7 Å². The standard InChI is InChI=1S/C18H15F3N4OS/c19-18(20,21)12-4-1-3-11(7-12)9-22-16-10-23-17(26)14-8-13(24-25(14)16)15-5-2-6-27-15/h1-8,16,22H,9-10H2,(H,23,26). The van der Waals surface area contributed by atoms with Gasteiger partial charge in [-0.1, -0.05) is 24.3 Å². The maximum atomic E-state index is 12.9. The van der Waals surface area contributed by atoms with Crippen LogP contribution >= 0.6 is 11.3 Å². The number of thiophene rings is 1. The lowest BCUT2D eigenvalue weighted by Gasteiger charge is -2.26. The Balaban J connectivity index is 1.55. The highest BCUT2D eigenvalue weighted by Crippen LogP contribution is 2.30. The number of alkyl halides is 3. The number of carbonyl (C=O) groups is 1. The lowest BCUT2D eigenvalue weighted by Crippen LogP contribution is -2.45. The summed E-state index contributed by atoms with van der Waals surface area (Å²) in [6.45, 7) is 0.522. The Morgan fingerprint density at radius 1 is 1.26 bits per heavy atom. The van der Waals surface area contributed by atoms with Gasteiger partial charge in [-0.05, 0) is 29.1 Å². The Kier molecular flexibility index (Phi) is 4.48. The minimum atomic E-state index is -4.38. The topological polar surface area (TPSA) is 59.0 Å². The van der Waals surface area contributed by atoms with Crippen molar-refractivity contribution >= 4 is 17.2 Å². The van der Waals surface area contributed by atoms with Crippen LogP contribution in [0.1, 0.15) is 27.8 Å². The third kappa shape index (κ3) is 3.60. The number of hydrogen-bond donors (Lipinski definition) is 2. The molecule has 1 unspecified atom stereocenters. The second kappa shape index (κ2) is 6.82. The Labute approximate surface area is 156 Å². The van der Waals surface area contributed by atoms with Crippen LogP contribution in [0.25, 0.3) is 10.6 Å². The molecule has 27 heavy (non-hydrogen) atoms. The van der Waals surface area contributed by atoms with Crippen LogP contribution < -0.4 is 10.6 Å². The number of rotatable bonds is 4. The monoisotopic (exact) mass is 392 g/mol. The van der Waals surface area contributed by atoms with Crippen LogP contribution in [-0.2, 0) is 12.7 Å². The van der Waals surface area contributed by atoms with E-state index in [4.69, 9.17) is 0 Å². The van der Waals surface area contributed by atoms with Gasteiger partial charge in [-0.3, -0.25) is 10.1 Å². The van der Waals surface area contributed by atoms with Crippen molar-refractivity contribution < 1.29 is 18.0 Å². The van der Waals surface area contributed by atoms with Crippen LogP contribution in [0.5, 0.6) is 0 Å². The molecule has 1 atom stereocenters. The van der Waals surface area contributed by atoms with Gasteiger partial charge in [0.2, 0.25) is 0 Å². The van der Waals surface area contributed by atoms with Gasteiger partial charge >= 0.3 is 6.18 Å². The molecule has 0 spiro atoms. The van der Waals surface area contributed by atoms with E-state index in [9.17, 15) is 18.0 Å². The quantitative estimate of drug-likeness (QED) is 0.712. The molecule has 1 aromatic carbocycles. The van der Waals surface area contributed by atoms with Gasteiger partial charge in [-0.15, -0.1) is 11.3 Å². The molecule has 2 aromatic heterocycles. The molecule has 140 valence electrons. The molecule has 0 saturated carbocycles. The molecule has 2 N–H and O–H groups in total. The van der Waals surface area contributed by atoms with E-state index in [1.165, 1.54) is 17.4 Å². The molecular weight excluding hydrogens is 377 g/mol. The van der Waals surface area contributed by atoms with Crippen molar-refractivity contribution in [1.82, 2.24) is 20.4 Å². The van der Waals surface area contributed by atoms with Crippen LogP contribution in [0.2, 0.25) is 0 Å². The number of nitrogens with zero attached hydrogens (tertiary/aromatic N) is 2. The Morgan fingerprint density at radius 2 is 2.11 bits per heavy atom. The predicted octanol–water partition coefficient (Wildman–Crippen LogP) is 3.66. The number of aromatic nitrogens is 2. The van der Waals surface area contributed by atoms with Gasteiger partial charge in [0.05, 0.1) is 17.0 Å². The molecule has 0 radical (unpaired) electrons. The Hall–Kier alpha value is -2.65. The van der Waals surface area contributed by atoms with Gasteiger partial charge < -0.3 is 5.32 Å². The molecule has 5 nitrogen and oxygen atoms in total. The third-order valence-electron chi connectivity index (χ3n) is 4.29. The van der Waals surface area contributed by atoms with E-state index in [-0.39, 0.29) is 18.6 Å². The summed E-state index contributed by atoms with van der Waals surface area (Å²) in [6, 6.07) is 10.7. The highest BCUT2D eigenvalue weighted by Gasteiger charge is 2.31. The van der Waals surface area contributed by atoms with E-state index < -0.39 is 11.7 Å². The van der Waals surface area contributed by atoms with Gasteiger partial charge in [-0.25, -0.2) is 4.68 Å². The van der Waals surface area contributed by atoms with E-state index in [0.29, 0.717) is 23.5 Å². The molecule has 0 aliphatic carbocycles. The summed E-state index contributed by atoms with van der Waals surface area (Å²) >= 11 is 1.52. The predicted molar refractivity (Wildman–Crippen MR) is 95.2 cm³/mol. The molecule has 1 aliphatic heterocycles. The van der Waals surface area contributed by atoms with Gasteiger partial charge in [-0.2, -0.15) is 18.3 Å². The zero-order chi connectivity index (χ0) is 19.0. The van der Waals surface area contributed by atoms with E-state index in [2.05, 4.69) is 15.7 Å². The molecule has 9 heteroatoms. The summed E-state index contributed by atoms with van der Waals surface area (Å²) in [6.07, 6.45) is -4.72. The molecular formula is C18H15F3N4OS. The fraction of sp³-hybridized carbons (Fsp3) is 0.222. The number of halogens is 3. The number of fused-ring (bicyclic) bond motifs is 1. The maximum Gasteiger partial charge on any atom is 0.416 e. The lowest BCUT2D eigenvalue weighted by atomic mass is 10.1. The van der Waals surface area contributed by atoms with Gasteiger partial charge in [0.15, 0.2) is 0 Å². The first-order valence-corrected chi connectivity index (χ1v) is 9.11. The van der Waals surface area contributed by atoms with Gasteiger partial charge in [0.25, 0.3) is 5.91 Å². The van der Waals surface area contributed by atoms with Gasteiger partial charge in [0, 0.05) is 6.54 Å². The summed E-state index contributed by atoms with van der Waals surface area (Å²) in [7, 11) is 0. The zero-order valence-electron chi connectivity index (χ0n) is 14.0. The molecule has 0 bridgehead atoms. The Bertz CT molecular complexity index is 965. The van der Waals surface area contributed by atoms with E-state index >= 15 is 0 Å². The van der Waals surface area contributed by atoms with Gasteiger partial charge in [0.1, 0.15) is 17.6 Å². The molecule has 0 saturated heterocycles. The van der Waals surface area contributed by atoms with E-state index in [0.717, 1.165) is 17.0 Å². The lowest BCUT2D eigenvalue weighted by molar-refractivity contribution is -0.137. The van der Waals surface area contributed by atoms with E-state index in [1.54, 1.807) is 16.8 Å². The average Bonchev–Trinajstić information content (AvgIpc) is 3.31. The van der Waals surface area contributed by atoms with Crippen LogP contribution in [0.4, 0.5) is 13.2 Å². The molecule has 3 aromatic rings. The summed E-state index contributed by atoms with van der Waals surface area (Å²) in [5, 5.41) is 12.4. The number of amides is 1. The molecule has 0 fully saturated rings. The largest absolute Gasteiger partial charge is 0.416 e. The summed E-state index contributed by atoms with van der Waals surface area (Å²) in [5.41, 5.74) is 0.946. The second-order valence-corrected chi connectivity index (χ2v) is 7.09. The minimum Gasteiger partial charge on any atom is -0.347 e. The molecule has 4 rings (SSSR count). The van der Waals surface area contributed by atoms with Crippen molar-refractivity contribution in [3.8, 4) is 10.6 Å². The van der Waals surface area contributed by atoms with Crippen molar-refractivity contribution in [2.75, 3.05) is 6.54 Å². The maximum absolute atomic E-state index is 12.9. The normalized spacial score (nSPS) is 16.9. The summed E-state index contributed by atoms with van der Waals surface area (Å²) in [4.78, 5) is 13.1. The van der Waals surface area contributed by atoms with Crippen molar-refractivity contribution in [1.29, 1.82) is 0 Å². The first-order chi connectivity index (χ1) is 12.9. The molecule has 1 amide bonds. The number of nitrogens with one attached hydrogen (secondary N) is 2. The van der Waals surface area contributed by atoms with E-state index in [1.807, 2.05) is 17.5 Å². The summed E-state index contributed by atoms with van der Waals surface area (Å²) < 4.78 is 40.2. The van der Waals surface area contributed by atoms with Crippen molar-refractivity contribution in [2.45, 2.75) is 18.9 Å². The second-order valence-electron chi connectivity index (χ2n) is 6.14. The fourth-order valence-corrected chi connectivity index (χ4v) is 3.65. The van der Waals surface area contributed by atoms with Crippen LogP contribution in [0, 0.1) is 0 Å². The number of benzene rings is 1. The minimum absolute atomic E-state index is 0.220. The highest BCUT2D eigenvalue weighted by molar-refractivity contribution is 7.13.